The molecule has 3 unspecified atom stereocenters. The second-order valence-electron chi connectivity index (χ2n) is 5.98. The van der Waals surface area contributed by atoms with Gasteiger partial charge in [0.2, 0.25) is 0 Å². The van der Waals surface area contributed by atoms with E-state index in [9.17, 15) is 0 Å². The Hall–Kier alpha value is -0.380. The summed E-state index contributed by atoms with van der Waals surface area (Å²) in [7, 11) is 0. The van der Waals surface area contributed by atoms with Gasteiger partial charge in [0.1, 0.15) is 0 Å². The van der Waals surface area contributed by atoms with Gasteiger partial charge in [-0.1, -0.05) is 20.8 Å². The Kier molecular flexibility index (Phi) is 4.82. The molecule has 3 N–H and O–H groups in total. The Morgan fingerprint density at radius 2 is 1.94 bits per heavy atom. The molecule has 0 radical (unpaired) electrons. The maximum absolute atomic E-state index is 5.83. The topological polar surface area (TPSA) is 38.0 Å². The lowest BCUT2D eigenvalue weighted by atomic mass is 9.73. The molecule has 1 heterocycles. The van der Waals surface area contributed by atoms with Crippen LogP contribution in [0.5, 0.6) is 0 Å². The van der Waals surface area contributed by atoms with Gasteiger partial charge in [-0.3, -0.25) is 11.3 Å². The highest BCUT2D eigenvalue weighted by molar-refractivity contribution is 7.12. The van der Waals surface area contributed by atoms with Crippen LogP contribution < -0.4 is 11.3 Å². The number of nitrogens with one attached hydrogen (secondary N) is 1. The Balaban J connectivity index is 2.12. The van der Waals surface area contributed by atoms with E-state index in [1.165, 1.54) is 29.0 Å². The van der Waals surface area contributed by atoms with E-state index in [-0.39, 0.29) is 0 Å². The summed E-state index contributed by atoms with van der Waals surface area (Å²) in [5.74, 6) is 8.19. The van der Waals surface area contributed by atoms with Gasteiger partial charge < -0.3 is 0 Å². The lowest BCUT2D eigenvalue weighted by Gasteiger charge is -2.35. The SMILES string of the molecule is CCc1ccc(C(NN)C2CC(C)CC(C)C2)s1. The summed E-state index contributed by atoms with van der Waals surface area (Å²) in [5.41, 5.74) is 3.08. The largest absolute Gasteiger partial charge is 0.271 e. The van der Waals surface area contributed by atoms with Crippen molar-refractivity contribution in [1.29, 1.82) is 0 Å². The zero-order valence-corrected chi connectivity index (χ0v) is 12.6. The van der Waals surface area contributed by atoms with Crippen LogP contribution in [-0.4, -0.2) is 0 Å². The van der Waals surface area contributed by atoms with E-state index in [1.807, 2.05) is 11.3 Å². The minimum atomic E-state index is 0.348. The van der Waals surface area contributed by atoms with Gasteiger partial charge in [0.05, 0.1) is 6.04 Å². The van der Waals surface area contributed by atoms with Crippen LogP contribution in [0.25, 0.3) is 0 Å². The van der Waals surface area contributed by atoms with Crippen molar-refractivity contribution < 1.29 is 0 Å². The Labute approximate surface area is 115 Å². The highest BCUT2D eigenvalue weighted by atomic mass is 32.1. The molecule has 3 heteroatoms. The van der Waals surface area contributed by atoms with Crippen LogP contribution in [0, 0.1) is 17.8 Å². The first-order valence-corrected chi connectivity index (χ1v) is 8.00. The number of thiophene rings is 1. The average molecular weight is 266 g/mol. The van der Waals surface area contributed by atoms with Gasteiger partial charge in [0.15, 0.2) is 0 Å². The first-order chi connectivity index (χ1) is 8.63. The fourth-order valence-electron chi connectivity index (χ4n) is 3.48. The van der Waals surface area contributed by atoms with Gasteiger partial charge in [-0.15, -0.1) is 11.3 Å². The summed E-state index contributed by atoms with van der Waals surface area (Å²) in [6, 6.07) is 4.86. The first kappa shape index (κ1) is 14.0. The Morgan fingerprint density at radius 3 is 2.44 bits per heavy atom. The molecule has 1 fully saturated rings. The number of hydrazine groups is 1. The monoisotopic (exact) mass is 266 g/mol. The van der Waals surface area contributed by atoms with Gasteiger partial charge >= 0.3 is 0 Å². The number of nitrogens with two attached hydrogens (primary N) is 1. The van der Waals surface area contributed by atoms with Crippen molar-refractivity contribution in [1.82, 2.24) is 5.43 Å². The van der Waals surface area contributed by atoms with Gasteiger partial charge in [-0.05, 0) is 55.6 Å². The maximum atomic E-state index is 5.83. The molecule has 1 saturated carbocycles. The van der Waals surface area contributed by atoms with Gasteiger partial charge in [0, 0.05) is 9.75 Å². The first-order valence-electron chi connectivity index (χ1n) is 7.18. The predicted molar refractivity (Wildman–Crippen MR) is 79.4 cm³/mol. The summed E-state index contributed by atoms with van der Waals surface area (Å²) >= 11 is 1.92. The molecule has 1 aromatic heterocycles. The van der Waals surface area contributed by atoms with Crippen LogP contribution in [0.15, 0.2) is 12.1 Å². The minimum absolute atomic E-state index is 0.348. The van der Waals surface area contributed by atoms with Crippen LogP contribution in [-0.2, 0) is 6.42 Å². The number of hydrogen-bond donors (Lipinski definition) is 2. The van der Waals surface area contributed by atoms with Crippen LogP contribution in [0.4, 0.5) is 0 Å². The lowest BCUT2D eigenvalue weighted by Crippen LogP contribution is -2.36. The molecule has 1 aliphatic carbocycles. The van der Waals surface area contributed by atoms with Crippen LogP contribution in [0.3, 0.4) is 0 Å². The summed E-state index contributed by atoms with van der Waals surface area (Å²) in [5, 5.41) is 0. The molecule has 102 valence electrons. The van der Waals surface area contributed by atoms with Crippen molar-refractivity contribution in [2.45, 2.75) is 52.5 Å². The molecule has 0 spiro atoms. The average Bonchev–Trinajstić information content (AvgIpc) is 2.77. The van der Waals surface area contributed by atoms with E-state index >= 15 is 0 Å². The zero-order valence-electron chi connectivity index (χ0n) is 11.8. The van der Waals surface area contributed by atoms with Crippen molar-refractivity contribution in [3.63, 3.8) is 0 Å². The van der Waals surface area contributed by atoms with E-state index < -0.39 is 0 Å². The van der Waals surface area contributed by atoms with Crippen molar-refractivity contribution in [2.24, 2.45) is 23.6 Å². The number of aryl methyl sites for hydroxylation is 1. The molecule has 0 amide bonds. The molecule has 0 aliphatic heterocycles. The third-order valence-corrected chi connectivity index (χ3v) is 5.52. The fourth-order valence-corrected chi connectivity index (χ4v) is 4.59. The molecular weight excluding hydrogens is 240 g/mol. The van der Waals surface area contributed by atoms with Crippen molar-refractivity contribution in [3.8, 4) is 0 Å². The van der Waals surface area contributed by atoms with E-state index in [4.69, 9.17) is 5.84 Å². The van der Waals surface area contributed by atoms with E-state index in [2.05, 4.69) is 38.3 Å². The van der Waals surface area contributed by atoms with Crippen LogP contribution >= 0.6 is 11.3 Å². The highest BCUT2D eigenvalue weighted by Crippen LogP contribution is 2.41. The van der Waals surface area contributed by atoms with Gasteiger partial charge in [0.25, 0.3) is 0 Å². The smallest absolute Gasteiger partial charge is 0.0581 e. The van der Waals surface area contributed by atoms with Crippen LogP contribution in [0.2, 0.25) is 0 Å². The fraction of sp³-hybridized carbons (Fsp3) is 0.733. The minimum Gasteiger partial charge on any atom is -0.271 e. The van der Waals surface area contributed by atoms with Crippen molar-refractivity contribution >= 4 is 11.3 Å². The molecule has 0 bridgehead atoms. The summed E-state index contributed by atoms with van der Waals surface area (Å²) in [6.07, 6.45) is 5.11. The Bertz CT molecular complexity index is 364. The predicted octanol–water partition coefficient (Wildman–Crippen LogP) is 3.89. The zero-order chi connectivity index (χ0) is 13.1. The molecule has 2 nitrogen and oxygen atoms in total. The molecule has 2 rings (SSSR count). The summed E-state index contributed by atoms with van der Waals surface area (Å²) in [6.45, 7) is 6.97. The van der Waals surface area contributed by atoms with Crippen LogP contribution in [0.1, 0.15) is 55.8 Å². The molecule has 18 heavy (non-hydrogen) atoms. The van der Waals surface area contributed by atoms with Crippen molar-refractivity contribution in [2.75, 3.05) is 0 Å². The van der Waals surface area contributed by atoms with Gasteiger partial charge in [-0.25, -0.2) is 0 Å². The molecular formula is C15H26N2S. The number of rotatable bonds is 4. The summed E-state index contributed by atoms with van der Waals surface area (Å²) in [4.78, 5) is 2.88. The van der Waals surface area contributed by atoms with E-state index in [1.54, 1.807) is 0 Å². The molecule has 1 aliphatic rings. The number of hydrogen-bond acceptors (Lipinski definition) is 3. The molecule has 1 aromatic rings. The molecule has 0 saturated heterocycles. The maximum Gasteiger partial charge on any atom is 0.0581 e. The van der Waals surface area contributed by atoms with E-state index in [0.717, 1.165) is 18.3 Å². The highest BCUT2D eigenvalue weighted by Gasteiger charge is 2.31. The van der Waals surface area contributed by atoms with E-state index in [0.29, 0.717) is 12.0 Å². The standard InChI is InChI=1S/C15H26N2S/c1-4-13-5-6-14(18-13)15(17-16)12-8-10(2)7-11(3)9-12/h5-6,10-12,15,17H,4,7-9,16H2,1-3H3. The quantitative estimate of drug-likeness (QED) is 0.641. The second kappa shape index (κ2) is 6.18. The molecule has 0 aromatic carbocycles. The third kappa shape index (κ3) is 3.14. The third-order valence-electron chi connectivity index (χ3n) is 4.20. The van der Waals surface area contributed by atoms with Gasteiger partial charge in [-0.2, -0.15) is 0 Å². The second-order valence-corrected chi connectivity index (χ2v) is 7.18. The molecule has 3 atom stereocenters. The lowest BCUT2D eigenvalue weighted by molar-refractivity contribution is 0.178. The summed E-state index contributed by atoms with van der Waals surface area (Å²) < 4.78 is 0. The van der Waals surface area contributed by atoms with Crippen molar-refractivity contribution in [3.05, 3.63) is 21.9 Å². The normalized spacial score (nSPS) is 30.3. The Morgan fingerprint density at radius 1 is 1.28 bits per heavy atom.